The Bertz CT molecular complexity index is 1700. The Morgan fingerprint density at radius 1 is 0.953 bits per heavy atom. The first-order valence-corrected chi connectivity index (χ1v) is 14.1. The minimum absolute atomic E-state index is 0.113. The van der Waals surface area contributed by atoms with Crippen LogP contribution in [0.1, 0.15) is 27.0 Å². The highest BCUT2D eigenvalue weighted by Gasteiger charge is 2.24. The lowest BCUT2D eigenvalue weighted by Gasteiger charge is -2.26. The predicted molar refractivity (Wildman–Crippen MR) is 162 cm³/mol. The number of carbonyl (C=O) groups is 2. The van der Waals surface area contributed by atoms with Crippen LogP contribution in [0.3, 0.4) is 0 Å². The highest BCUT2D eigenvalue weighted by Crippen LogP contribution is 2.31. The van der Waals surface area contributed by atoms with Gasteiger partial charge in [-0.15, -0.1) is 0 Å². The van der Waals surface area contributed by atoms with Crippen molar-refractivity contribution < 1.29 is 19.4 Å². The van der Waals surface area contributed by atoms with Gasteiger partial charge in [0.25, 0.3) is 11.5 Å². The molecule has 43 heavy (non-hydrogen) atoms. The van der Waals surface area contributed by atoms with Crippen molar-refractivity contribution in [2.45, 2.75) is 19.7 Å². The number of anilines is 3. The Kier molecular flexibility index (Phi) is 7.91. The molecular weight excluding hydrogens is 548 g/mol. The summed E-state index contributed by atoms with van der Waals surface area (Å²) in [5, 5.41) is 16.4. The van der Waals surface area contributed by atoms with Crippen LogP contribution in [0, 0.1) is 0 Å². The molecule has 1 fully saturated rings. The van der Waals surface area contributed by atoms with Crippen molar-refractivity contribution in [1.29, 1.82) is 0 Å². The zero-order valence-corrected chi connectivity index (χ0v) is 23.7. The van der Waals surface area contributed by atoms with Gasteiger partial charge in [0.2, 0.25) is 0 Å². The van der Waals surface area contributed by atoms with E-state index in [1.54, 1.807) is 53.4 Å². The molecule has 0 radical (unpaired) electrons. The molecule has 220 valence electrons. The Hall–Kier alpha value is -5.00. The molecule has 0 aliphatic carbocycles. The molecular formula is C32H32N6O5. The molecule has 11 nitrogen and oxygen atoms in total. The van der Waals surface area contributed by atoms with Crippen LogP contribution < -0.4 is 16.2 Å². The minimum atomic E-state index is -0.322. The first-order valence-electron chi connectivity index (χ1n) is 14.1. The molecule has 0 saturated carbocycles. The van der Waals surface area contributed by atoms with Crippen LogP contribution in [0.4, 0.5) is 22.0 Å². The Labute approximate surface area is 248 Å². The van der Waals surface area contributed by atoms with E-state index >= 15 is 0 Å². The number of aromatic nitrogens is 2. The fourth-order valence-electron chi connectivity index (χ4n) is 5.45. The van der Waals surface area contributed by atoms with E-state index in [-0.39, 0.29) is 29.8 Å². The van der Waals surface area contributed by atoms with Gasteiger partial charge in [-0.1, -0.05) is 36.4 Å². The molecule has 4 heterocycles. The quantitative estimate of drug-likeness (QED) is 0.317. The molecule has 2 aromatic carbocycles. The Morgan fingerprint density at radius 2 is 1.70 bits per heavy atom. The average Bonchev–Trinajstić information content (AvgIpc) is 3.48. The molecule has 4 aromatic rings. The van der Waals surface area contributed by atoms with E-state index in [9.17, 15) is 19.5 Å². The number of amides is 3. The van der Waals surface area contributed by atoms with Crippen LogP contribution in [0.15, 0.2) is 77.9 Å². The van der Waals surface area contributed by atoms with Gasteiger partial charge in [-0.25, -0.2) is 9.78 Å². The number of nitrogens with zero attached hydrogens (tertiary/aromatic N) is 4. The topological polar surface area (TPSA) is 129 Å². The number of nitrogens with one attached hydrogen (secondary N) is 2. The standard InChI is InChI=1S/C32H32N6O5/c1-36-17-24(15-28(31(36)41)34-29-10-9-21(16-33-29)30(40)37-11-13-43-14-12-37)25-7-4-8-27(26(25)20-39)35-32(42)38-18-22-5-2-3-6-23(22)19-38/h2-10,15-17,39H,11-14,18-20H2,1H3,(H,33,34)(H,35,42). The first kappa shape index (κ1) is 28.1. The number of carbonyl (C=O) groups excluding carboxylic acids is 2. The van der Waals surface area contributed by atoms with Crippen LogP contribution in [-0.4, -0.2) is 62.7 Å². The maximum Gasteiger partial charge on any atom is 0.322 e. The van der Waals surface area contributed by atoms with Gasteiger partial charge in [0.15, 0.2) is 0 Å². The number of urea groups is 1. The number of aliphatic hydroxyl groups excluding tert-OH is 1. The molecule has 1 saturated heterocycles. The summed E-state index contributed by atoms with van der Waals surface area (Å²) >= 11 is 0. The largest absolute Gasteiger partial charge is 0.392 e. The first-order chi connectivity index (χ1) is 20.9. The summed E-state index contributed by atoms with van der Waals surface area (Å²) in [6, 6.07) is 18.1. The minimum Gasteiger partial charge on any atom is -0.392 e. The molecule has 0 atom stereocenters. The molecule has 3 N–H and O–H groups in total. The number of hydrogen-bond acceptors (Lipinski definition) is 7. The van der Waals surface area contributed by atoms with Crippen molar-refractivity contribution >= 4 is 29.1 Å². The SMILES string of the molecule is Cn1cc(-c2cccc(NC(=O)N3Cc4ccccc4C3)c2CO)cc(Nc2ccc(C(=O)N3CCOCC3)cn2)c1=O. The number of rotatable bonds is 6. The summed E-state index contributed by atoms with van der Waals surface area (Å²) in [4.78, 5) is 46.8. The second kappa shape index (κ2) is 12.1. The van der Waals surface area contributed by atoms with Crippen LogP contribution in [0.2, 0.25) is 0 Å². The number of aliphatic hydroxyl groups is 1. The maximum atomic E-state index is 13.2. The van der Waals surface area contributed by atoms with Crippen molar-refractivity contribution in [3.8, 4) is 11.1 Å². The summed E-state index contributed by atoms with van der Waals surface area (Å²) in [7, 11) is 1.64. The second-order valence-corrected chi connectivity index (χ2v) is 10.6. The van der Waals surface area contributed by atoms with Crippen LogP contribution in [0.5, 0.6) is 0 Å². The van der Waals surface area contributed by atoms with E-state index < -0.39 is 0 Å². The third kappa shape index (κ3) is 5.85. The van der Waals surface area contributed by atoms with E-state index in [0.29, 0.717) is 73.2 Å². The lowest BCUT2D eigenvalue weighted by molar-refractivity contribution is 0.0302. The summed E-state index contributed by atoms with van der Waals surface area (Å²) < 4.78 is 6.76. The molecule has 2 aromatic heterocycles. The van der Waals surface area contributed by atoms with E-state index in [1.165, 1.54) is 10.8 Å². The fourth-order valence-corrected chi connectivity index (χ4v) is 5.45. The zero-order chi connectivity index (χ0) is 29.9. The predicted octanol–water partition coefficient (Wildman–Crippen LogP) is 3.70. The smallest absolute Gasteiger partial charge is 0.322 e. The molecule has 2 aliphatic rings. The highest BCUT2D eigenvalue weighted by molar-refractivity contribution is 5.94. The van der Waals surface area contributed by atoms with Crippen molar-refractivity contribution in [2.75, 3.05) is 36.9 Å². The van der Waals surface area contributed by atoms with Crippen molar-refractivity contribution in [2.24, 2.45) is 7.05 Å². The van der Waals surface area contributed by atoms with E-state index in [4.69, 9.17) is 4.74 Å². The van der Waals surface area contributed by atoms with Gasteiger partial charge in [-0.3, -0.25) is 9.59 Å². The van der Waals surface area contributed by atoms with Gasteiger partial charge >= 0.3 is 6.03 Å². The maximum absolute atomic E-state index is 13.2. The Morgan fingerprint density at radius 3 is 2.37 bits per heavy atom. The number of fused-ring (bicyclic) bond motifs is 1. The van der Waals surface area contributed by atoms with Gasteiger partial charge in [-0.2, -0.15) is 0 Å². The number of benzene rings is 2. The fraction of sp³-hybridized carbons (Fsp3) is 0.250. The molecule has 6 rings (SSSR count). The van der Waals surface area contributed by atoms with E-state index in [2.05, 4.69) is 15.6 Å². The lowest BCUT2D eigenvalue weighted by Crippen LogP contribution is -2.40. The number of pyridine rings is 2. The molecule has 11 heteroatoms. The van der Waals surface area contributed by atoms with Gasteiger partial charge in [-0.05, 0) is 41.0 Å². The van der Waals surface area contributed by atoms with Crippen molar-refractivity contribution in [1.82, 2.24) is 19.4 Å². The third-order valence-electron chi connectivity index (χ3n) is 7.77. The van der Waals surface area contributed by atoms with E-state index in [0.717, 1.165) is 11.1 Å². The summed E-state index contributed by atoms with van der Waals surface area (Å²) in [5.74, 6) is 0.292. The molecule has 0 bridgehead atoms. The molecule has 3 amide bonds. The number of aryl methyl sites for hydroxylation is 1. The third-order valence-corrected chi connectivity index (χ3v) is 7.77. The normalized spacial score (nSPS) is 14.4. The van der Waals surface area contributed by atoms with Crippen molar-refractivity contribution in [3.05, 3.63) is 106 Å². The highest BCUT2D eigenvalue weighted by atomic mass is 16.5. The average molecular weight is 581 g/mol. The molecule has 0 unspecified atom stereocenters. The van der Waals surface area contributed by atoms with Crippen molar-refractivity contribution in [3.63, 3.8) is 0 Å². The van der Waals surface area contributed by atoms with Gasteiger partial charge in [0, 0.05) is 62.4 Å². The van der Waals surface area contributed by atoms with Crippen LogP contribution >= 0.6 is 0 Å². The monoisotopic (exact) mass is 580 g/mol. The summed E-state index contributed by atoms with van der Waals surface area (Å²) in [6.07, 6.45) is 3.17. The Balaban J connectivity index is 1.22. The molecule has 2 aliphatic heterocycles. The summed E-state index contributed by atoms with van der Waals surface area (Å²) in [6.45, 7) is 2.81. The number of hydrogen-bond donors (Lipinski definition) is 3. The zero-order valence-electron chi connectivity index (χ0n) is 23.7. The van der Waals surface area contributed by atoms with E-state index in [1.807, 2.05) is 30.3 Å². The molecule has 0 spiro atoms. The van der Waals surface area contributed by atoms with Gasteiger partial charge in [0.05, 0.1) is 25.4 Å². The lowest BCUT2D eigenvalue weighted by atomic mass is 9.99. The summed E-state index contributed by atoms with van der Waals surface area (Å²) in [5.41, 5.74) is 5.04. The number of ether oxygens (including phenoxy) is 1. The van der Waals surface area contributed by atoms with Gasteiger partial charge < -0.3 is 34.8 Å². The second-order valence-electron chi connectivity index (χ2n) is 10.6. The van der Waals surface area contributed by atoms with Crippen LogP contribution in [-0.2, 0) is 31.5 Å². The van der Waals surface area contributed by atoms with Crippen LogP contribution in [0.25, 0.3) is 11.1 Å². The van der Waals surface area contributed by atoms with Gasteiger partial charge in [0.1, 0.15) is 11.5 Å². The number of morpholine rings is 1.